The van der Waals surface area contributed by atoms with E-state index in [1.165, 1.54) is 0 Å². The molecule has 4 rings (SSSR count). The molecule has 0 radical (unpaired) electrons. The Bertz CT molecular complexity index is 1250. The number of benzene rings is 3. The van der Waals surface area contributed by atoms with Crippen molar-refractivity contribution in [2.75, 3.05) is 14.2 Å². The van der Waals surface area contributed by atoms with E-state index in [1.54, 1.807) is 14.2 Å². The highest BCUT2D eigenvalue weighted by Crippen LogP contribution is 2.35. The smallest absolute Gasteiger partial charge is 0.253 e. The van der Waals surface area contributed by atoms with Crippen molar-refractivity contribution in [2.45, 2.75) is 19.9 Å². The maximum atomic E-state index is 13.4. The number of carbonyl (C=O) groups excluding carboxylic acids is 1. The Labute approximate surface area is 194 Å². The molecule has 0 fully saturated rings. The fraction of sp³-hybridized carbons (Fsp3) is 0.179. The van der Waals surface area contributed by atoms with Crippen LogP contribution < -0.4 is 14.8 Å². The van der Waals surface area contributed by atoms with Gasteiger partial charge in [-0.15, -0.1) is 0 Å². The van der Waals surface area contributed by atoms with Gasteiger partial charge in [0.1, 0.15) is 11.5 Å². The predicted octanol–water partition coefficient (Wildman–Crippen LogP) is 5.96. The maximum Gasteiger partial charge on any atom is 0.253 e. The van der Waals surface area contributed by atoms with E-state index in [0.29, 0.717) is 17.1 Å². The summed E-state index contributed by atoms with van der Waals surface area (Å²) in [5, 5.41) is 3.14. The average molecular weight is 441 g/mol. The van der Waals surface area contributed by atoms with Crippen LogP contribution in [0.3, 0.4) is 0 Å². The first-order valence-electron chi connectivity index (χ1n) is 10.9. The Kier molecular flexibility index (Phi) is 6.50. The number of carbonyl (C=O) groups is 1. The molecule has 1 aromatic heterocycles. The van der Waals surface area contributed by atoms with Crippen LogP contribution in [0.5, 0.6) is 11.5 Å². The van der Waals surface area contributed by atoms with Gasteiger partial charge in [0.25, 0.3) is 5.91 Å². The van der Waals surface area contributed by atoms with Crippen LogP contribution in [0.4, 0.5) is 0 Å². The van der Waals surface area contributed by atoms with E-state index >= 15 is 0 Å². The van der Waals surface area contributed by atoms with Crippen molar-refractivity contribution in [3.63, 3.8) is 0 Å². The second-order valence-electron chi connectivity index (χ2n) is 7.87. The summed E-state index contributed by atoms with van der Waals surface area (Å²) >= 11 is 0. The lowest BCUT2D eigenvalue weighted by molar-refractivity contribution is 0.0939. The van der Waals surface area contributed by atoms with Gasteiger partial charge < -0.3 is 19.4 Å². The minimum absolute atomic E-state index is 0.114. The Morgan fingerprint density at radius 3 is 2.18 bits per heavy atom. The average Bonchev–Trinajstić information content (AvgIpc) is 3.21. The molecule has 1 N–H and O–H groups in total. The van der Waals surface area contributed by atoms with Crippen LogP contribution >= 0.6 is 0 Å². The van der Waals surface area contributed by atoms with Gasteiger partial charge in [0.15, 0.2) is 0 Å². The third-order valence-corrected chi connectivity index (χ3v) is 5.84. The van der Waals surface area contributed by atoms with Crippen molar-refractivity contribution in [3.8, 4) is 28.4 Å². The number of nitrogens with zero attached hydrogens (tertiary/aromatic N) is 1. The monoisotopic (exact) mass is 440 g/mol. The zero-order valence-corrected chi connectivity index (χ0v) is 19.3. The van der Waals surface area contributed by atoms with Crippen LogP contribution in [0.2, 0.25) is 0 Å². The second-order valence-corrected chi connectivity index (χ2v) is 7.87. The molecule has 0 bridgehead atoms. The lowest BCUT2D eigenvalue weighted by atomic mass is 10.1. The van der Waals surface area contributed by atoms with Crippen LogP contribution in [-0.2, 0) is 0 Å². The first-order chi connectivity index (χ1) is 16.0. The second kappa shape index (κ2) is 9.65. The van der Waals surface area contributed by atoms with E-state index < -0.39 is 0 Å². The lowest BCUT2D eigenvalue weighted by Crippen LogP contribution is -2.27. The standard InChI is InChI=1S/C28H28N2O3/c1-19(21-11-7-5-8-12-21)29-28(31)24-18-26(22-13-9-6-10-14-22)30(20(24)2)25-16-15-23(32-3)17-27(25)33-4/h5-19H,1-4H3,(H,29,31). The molecule has 33 heavy (non-hydrogen) atoms. The SMILES string of the molecule is COc1ccc(-n2c(-c3ccccc3)cc(C(=O)NC(C)c3ccccc3)c2C)c(OC)c1. The van der Waals surface area contributed by atoms with Crippen molar-refractivity contribution in [1.29, 1.82) is 0 Å². The molecule has 1 unspecified atom stereocenters. The van der Waals surface area contributed by atoms with Crippen LogP contribution in [0, 0.1) is 6.92 Å². The number of hydrogen-bond donors (Lipinski definition) is 1. The molecule has 4 aromatic rings. The molecule has 0 aliphatic rings. The van der Waals surface area contributed by atoms with Crippen molar-refractivity contribution in [1.82, 2.24) is 9.88 Å². The van der Waals surface area contributed by atoms with Crippen molar-refractivity contribution >= 4 is 5.91 Å². The van der Waals surface area contributed by atoms with E-state index in [0.717, 1.165) is 28.2 Å². The fourth-order valence-corrected chi connectivity index (χ4v) is 4.04. The molecule has 0 saturated carbocycles. The van der Waals surface area contributed by atoms with Crippen molar-refractivity contribution in [2.24, 2.45) is 0 Å². The summed E-state index contributed by atoms with van der Waals surface area (Å²) in [6.07, 6.45) is 0. The molecule has 5 heteroatoms. The molecule has 0 spiro atoms. The zero-order valence-electron chi connectivity index (χ0n) is 19.3. The van der Waals surface area contributed by atoms with Crippen LogP contribution in [0.15, 0.2) is 84.9 Å². The largest absolute Gasteiger partial charge is 0.497 e. The number of aromatic nitrogens is 1. The molecule has 1 amide bonds. The van der Waals surface area contributed by atoms with Gasteiger partial charge in [-0.2, -0.15) is 0 Å². The molecule has 1 heterocycles. The number of hydrogen-bond acceptors (Lipinski definition) is 3. The van der Waals surface area contributed by atoms with E-state index in [1.807, 2.05) is 98.8 Å². The summed E-state index contributed by atoms with van der Waals surface area (Å²) in [5.41, 5.74) is 5.26. The quantitative estimate of drug-likeness (QED) is 0.386. The third-order valence-electron chi connectivity index (χ3n) is 5.84. The van der Waals surface area contributed by atoms with Gasteiger partial charge in [-0.25, -0.2) is 0 Å². The van der Waals surface area contributed by atoms with Crippen LogP contribution in [-0.4, -0.2) is 24.7 Å². The molecule has 5 nitrogen and oxygen atoms in total. The highest BCUT2D eigenvalue weighted by atomic mass is 16.5. The number of methoxy groups -OCH3 is 2. The van der Waals surface area contributed by atoms with Crippen molar-refractivity contribution < 1.29 is 14.3 Å². The number of ether oxygens (including phenoxy) is 2. The Morgan fingerprint density at radius 2 is 1.55 bits per heavy atom. The van der Waals surface area contributed by atoms with Gasteiger partial charge in [-0.1, -0.05) is 60.7 Å². The van der Waals surface area contributed by atoms with Crippen LogP contribution in [0.25, 0.3) is 16.9 Å². The summed E-state index contributed by atoms with van der Waals surface area (Å²) in [4.78, 5) is 13.4. The van der Waals surface area contributed by atoms with Gasteiger partial charge in [0.05, 0.1) is 37.2 Å². The van der Waals surface area contributed by atoms with E-state index in [4.69, 9.17) is 9.47 Å². The van der Waals surface area contributed by atoms with Crippen molar-refractivity contribution in [3.05, 3.63) is 102 Å². The maximum absolute atomic E-state index is 13.4. The van der Waals surface area contributed by atoms with Gasteiger partial charge in [-0.3, -0.25) is 4.79 Å². The summed E-state index contributed by atoms with van der Waals surface area (Å²) in [7, 11) is 3.26. The van der Waals surface area contributed by atoms with Crippen LogP contribution in [0.1, 0.15) is 34.6 Å². The Morgan fingerprint density at radius 1 is 0.879 bits per heavy atom. The topological polar surface area (TPSA) is 52.5 Å². The normalized spacial score (nSPS) is 11.6. The van der Waals surface area contributed by atoms with Gasteiger partial charge in [0, 0.05) is 11.8 Å². The number of rotatable bonds is 7. The van der Waals surface area contributed by atoms with E-state index in [2.05, 4.69) is 9.88 Å². The van der Waals surface area contributed by atoms with E-state index in [-0.39, 0.29) is 11.9 Å². The molecule has 168 valence electrons. The zero-order chi connectivity index (χ0) is 23.4. The first kappa shape index (κ1) is 22.2. The summed E-state index contributed by atoms with van der Waals surface area (Å²) < 4.78 is 13.1. The van der Waals surface area contributed by atoms with E-state index in [9.17, 15) is 4.79 Å². The minimum atomic E-state index is -0.118. The van der Waals surface area contributed by atoms with Gasteiger partial charge in [-0.05, 0) is 43.2 Å². The van der Waals surface area contributed by atoms with Gasteiger partial charge in [0.2, 0.25) is 0 Å². The first-order valence-corrected chi connectivity index (χ1v) is 10.9. The molecule has 0 aliphatic carbocycles. The highest BCUT2D eigenvalue weighted by molar-refractivity contribution is 5.97. The Hall–Kier alpha value is -3.99. The molecule has 1 atom stereocenters. The summed E-state index contributed by atoms with van der Waals surface area (Å²) in [5.74, 6) is 1.25. The van der Waals surface area contributed by atoms with Gasteiger partial charge >= 0.3 is 0 Å². The number of amides is 1. The number of nitrogens with one attached hydrogen (secondary N) is 1. The summed E-state index contributed by atoms with van der Waals surface area (Å²) in [6.45, 7) is 3.95. The third kappa shape index (κ3) is 4.48. The lowest BCUT2D eigenvalue weighted by Gasteiger charge is -2.17. The summed E-state index contributed by atoms with van der Waals surface area (Å²) in [6, 6.07) is 27.5. The fourth-order valence-electron chi connectivity index (χ4n) is 4.04. The Balaban J connectivity index is 1.81. The molecular weight excluding hydrogens is 412 g/mol. The molecule has 0 saturated heterocycles. The predicted molar refractivity (Wildman–Crippen MR) is 131 cm³/mol. The molecule has 3 aromatic carbocycles. The highest BCUT2D eigenvalue weighted by Gasteiger charge is 2.23. The molecule has 0 aliphatic heterocycles. The minimum Gasteiger partial charge on any atom is -0.497 e. The molecular formula is C28H28N2O3.